The van der Waals surface area contributed by atoms with Gasteiger partial charge in [-0.15, -0.1) is 0 Å². The fourth-order valence-electron chi connectivity index (χ4n) is 2.88. The zero-order valence-corrected chi connectivity index (χ0v) is 14.7. The van der Waals surface area contributed by atoms with Crippen LogP contribution in [-0.2, 0) is 20.7 Å². The van der Waals surface area contributed by atoms with Crippen LogP contribution in [0.4, 0.5) is 0 Å². The fraction of sp³-hybridized carbons (Fsp3) is 0.556. The van der Waals surface area contributed by atoms with Crippen molar-refractivity contribution in [2.24, 2.45) is 5.41 Å². The Labute approximate surface area is 147 Å². The highest BCUT2D eigenvalue weighted by molar-refractivity contribution is 5.79. The number of carbonyl (C=O) groups is 2. The Kier molecular flexibility index (Phi) is 6.64. The maximum Gasteiger partial charge on any atom is 0.311 e. The summed E-state index contributed by atoms with van der Waals surface area (Å²) in [6.07, 6.45) is 1.65. The van der Waals surface area contributed by atoms with Gasteiger partial charge < -0.3 is 24.6 Å². The molecule has 2 N–H and O–H groups in total. The van der Waals surface area contributed by atoms with E-state index in [0.717, 1.165) is 5.56 Å². The standard InChI is InChI=1S/C18H25NO6/c1-23-14-5-3-13(11-15(14)24-2)4-6-16(20)19-12-18(17(21)22)7-9-25-10-8-18/h3,5,11H,4,6-10,12H2,1-2H3,(H,19,20)(H,21,22). The molecule has 2 rings (SSSR count). The molecule has 1 saturated heterocycles. The van der Waals surface area contributed by atoms with E-state index in [9.17, 15) is 14.7 Å². The summed E-state index contributed by atoms with van der Waals surface area (Å²) in [5, 5.41) is 12.2. The van der Waals surface area contributed by atoms with Gasteiger partial charge in [0.1, 0.15) is 0 Å². The third-order valence-corrected chi connectivity index (χ3v) is 4.62. The van der Waals surface area contributed by atoms with Gasteiger partial charge in [-0.25, -0.2) is 0 Å². The number of carbonyl (C=O) groups excluding carboxylic acids is 1. The molecular formula is C18H25NO6. The monoisotopic (exact) mass is 351 g/mol. The Hall–Kier alpha value is -2.28. The minimum atomic E-state index is -0.919. The first-order chi connectivity index (χ1) is 12.0. The van der Waals surface area contributed by atoms with E-state index >= 15 is 0 Å². The summed E-state index contributed by atoms with van der Waals surface area (Å²) in [6, 6.07) is 5.52. The van der Waals surface area contributed by atoms with Gasteiger partial charge in [0.25, 0.3) is 0 Å². The van der Waals surface area contributed by atoms with Crippen LogP contribution in [0.25, 0.3) is 0 Å². The predicted molar refractivity (Wildman–Crippen MR) is 91.0 cm³/mol. The number of nitrogens with one attached hydrogen (secondary N) is 1. The average Bonchev–Trinajstić information content (AvgIpc) is 2.65. The lowest BCUT2D eigenvalue weighted by Crippen LogP contribution is -2.46. The lowest BCUT2D eigenvalue weighted by atomic mass is 9.80. The van der Waals surface area contributed by atoms with E-state index in [1.54, 1.807) is 20.3 Å². The maximum absolute atomic E-state index is 12.1. The molecule has 1 aliphatic heterocycles. The van der Waals surface area contributed by atoms with Gasteiger partial charge in [0.2, 0.25) is 5.91 Å². The quantitative estimate of drug-likeness (QED) is 0.739. The third-order valence-electron chi connectivity index (χ3n) is 4.62. The zero-order valence-electron chi connectivity index (χ0n) is 14.7. The minimum absolute atomic E-state index is 0.135. The van der Waals surface area contributed by atoms with Gasteiger partial charge in [-0.1, -0.05) is 6.07 Å². The number of ether oxygens (including phenoxy) is 3. The first kappa shape index (κ1) is 19.1. The van der Waals surface area contributed by atoms with E-state index in [2.05, 4.69) is 5.32 Å². The summed E-state index contributed by atoms with van der Waals surface area (Å²) < 4.78 is 15.7. The van der Waals surface area contributed by atoms with Gasteiger partial charge in [0.15, 0.2) is 11.5 Å². The summed E-state index contributed by atoms with van der Waals surface area (Å²) >= 11 is 0. The van der Waals surface area contributed by atoms with Gasteiger partial charge >= 0.3 is 5.97 Å². The van der Waals surface area contributed by atoms with Gasteiger partial charge in [-0.3, -0.25) is 9.59 Å². The van der Waals surface area contributed by atoms with Crippen molar-refractivity contribution in [3.05, 3.63) is 23.8 Å². The highest BCUT2D eigenvalue weighted by Gasteiger charge is 2.40. The van der Waals surface area contributed by atoms with Crippen LogP contribution in [0.5, 0.6) is 11.5 Å². The molecule has 7 heteroatoms. The van der Waals surface area contributed by atoms with E-state index in [1.807, 2.05) is 12.1 Å². The van der Waals surface area contributed by atoms with Crippen molar-refractivity contribution in [1.82, 2.24) is 5.32 Å². The number of aryl methyl sites for hydroxylation is 1. The van der Waals surface area contributed by atoms with E-state index in [4.69, 9.17) is 14.2 Å². The summed E-state index contributed by atoms with van der Waals surface area (Å²) in [6.45, 7) is 0.956. The molecule has 138 valence electrons. The minimum Gasteiger partial charge on any atom is -0.493 e. The van der Waals surface area contributed by atoms with Gasteiger partial charge in [0, 0.05) is 26.2 Å². The summed E-state index contributed by atoms with van der Waals surface area (Å²) in [5.41, 5.74) is 0.0314. The van der Waals surface area contributed by atoms with Crippen LogP contribution >= 0.6 is 0 Å². The number of carboxylic acid groups (broad SMARTS) is 1. The molecular weight excluding hydrogens is 326 g/mol. The molecule has 0 radical (unpaired) electrons. The number of hydrogen-bond acceptors (Lipinski definition) is 5. The maximum atomic E-state index is 12.1. The molecule has 7 nitrogen and oxygen atoms in total. The van der Waals surface area contributed by atoms with Crippen LogP contribution in [0.3, 0.4) is 0 Å². The van der Waals surface area contributed by atoms with Crippen LogP contribution < -0.4 is 14.8 Å². The Bertz CT molecular complexity index is 610. The van der Waals surface area contributed by atoms with Crippen molar-refractivity contribution in [1.29, 1.82) is 0 Å². The van der Waals surface area contributed by atoms with Crippen molar-refractivity contribution in [3.8, 4) is 11.5 Å². The molecule has 1 amide bonds. The molecule has 1 heterocycles. The molecule has 0 bridgehead atoms. The number of benzene rings is 1. The van der Waals surface area contributed by atoms with Crippen molar-refractivity contribution >= 4 is 11.9 Å². The lowest BCUT2D eigenvalue weighted by Gasteiger charge is -2.33. The third kappa shape index (κ3) is 4.85. The lowest BCUT2D eigenvalue weighted by molar-refractivity contribution is -0.154. The average molecular weight is 351 g/mol. The molecule has 0 unspecified atom stereocenters. The van der Waals surface area contributed by atoms with Crippen molar-refractivity contribution in [2.45, 2.75) is 25.7 Å². The SMILES string of the molecule is COc1ccc(CCC(=O)NCC2(C(=O)O)CCOCC2)cc1OC. The molecule has 0 aromatic heterocycles. The van der Waals surface area contributed by atoms with Crippen LogP contribution in [0.15, 0.2) is 18.2 Å². The Morgan fingerprint density at radius 1 is 1.20 bits per heavy atom. The largest absolute Gasteiger partial charge is 0.493 e. The van der Waals surface area contributed by atoms with Crippen LogP contribution in [0.1, 0.15) is 24.8 Å². The number of aliphatic carboxylic acids is 1. The van der Waals surface area contributed by atoms with Crippen molar-refractivity contribution in [3.63, 3.8) is 0 Å². The molecule has 0 atom stereocenters. The molecule has 1 fully saturated rings. The fourth-order valence-corrected chi connectivity index (χ4v) is 2.88. The first-order valence-electron chi connectivity index (χ1n) is 8.29. The second-order valence-corrected chi connectivity index (χ2v) is 6.16. The Morgan fingerprint density at radius 2 is 1.88 bits per heavy atom. The Morgan fingerprint density at radius 3 is 2.48 bits per heavy atom. The molecule has 1 aliphatic rings. The van der Waals surface area contributed by atoms with E-state index in [1.165, 1.54) is 0 Å². The van der Waals surface area contributed by atoms with E-state index < -0.39 is 11.4 Å². The second kappa shape index (κ2) is 8.71. The Balaban J connectivity index is 1.87. The second-order valence-electron chi connectivity index (χ2n) is 6.16. The number of amides is 1. The topological polar surface area (TPSA) is 94.1 Å². The van der Waals surface area contributed by atoms with E-state index in [0.29, 0.717) is 44.0 Å². The first-order valence-corrected chi connectivity index (χ1v) is 8.29. The summed E-state index contributed by atoms with van der Waals surface area (Å²) in [7, 11) is 3.13. The molecule has 0 spiro atoms. The van der Waals surface area contributed by atoms with Crippen LogP contribution in [-0.4, -0.2) is 51.0 Å². The molecule has 25 heavy (non-hydrogen) atoms. The molecule has 1 aromatic rings. The molecule has 1 aromatic carbocycles. The van der Waals surface area contributed by atoms with Crippen molar-refractivity contribution < 1.29 is 28.9 Å². The molecule has 0 saturated carbocycles. The highest BCUT2D eigenvalue weighted by atomic mass is 16.5. The highest BCUT2D eigenvalue weighted by Crippen LogP contribution is 2.30. The predicted octanol–water partition coefficient (Wildman–Crippen LogP) is 1.63. The normalized spacial score (nSPS) is 16.1. The number of rotatable bonds is 8. The van der Waals surface area contributed by atoms with Gasteiger partial charge in [0.05, 0.1) is 19.6 Å². The summed E-state index contributed by atoms with van der Waals surface area (Å²) in [5.74, 6) is 0.212. The van der Waals surface area contributed by atoms with Crippen molar-refractivity contribution in [2.75, 3.05) is 34.0 Å². The zero-order chi connectivity index (χ0) is 18.3. The van der Waals surface area contributed by atoms with Crippen LogP contribution in [0.2, 0.25) is 0 Å². The molecule has 0 aliphatic carbocycles. The van der Waals surface area contributed by atoms with Crippen LogP contribution in [0, 0.1) is 5.41 Å². The number of methoxy groups -OCH3 is 2. The summed E-state index contributed by atoms with van der Waals surface area (Å²) in [4.78, 5) is 23.7. The number of carboxylic acids is 1. The van der Waals surface area contributed by atoms with Gasteiger partial charge in [-0.05, 0) is 37.0 Å². The van der Waals surface area contributed by atoms with E-state index in [-0.39, 0.29) is 18.9 Å². The van der Waals surface area contributed by atoms with Gasteiger partial charge in [-0.2, -0.15) is 0 Å². The smallest absolute Gasteiger partial charge is 0.311 e. The number of hydrogen-bond donors (Lipinski definition) is 2.